The van der Waals surface area contributed by atoms with Crippen molar-refractivity contribution in [3.8, 4) is 5.75 Å². The number of pyridine rings is 1. The molecule has 1 atom stereocenters. The van der Waals surface area contributed by atoms with E-state index in [0.29, 0.717) is 0 Å². The zero-order valence-corrected chi connectivity index (χ0v) is 13.4. The van der Waals surface area contributed by atoms with E-state index in [1.54, 1.807) is 13.3 Å². The van der Waals surface area contributed by atoms with Gasteiger partial charge < -0.3 is 9.64 Å². The quantitative estimate of drug-likeness (QED) is 0.495. The molecule has 0 aliphatic heterocycles. The third-order valence-electron chi connectivity index (χ3n) is 4.87. The second-order valence-electron chi connectivity index (χ2n) is 6.17. The van der Waals surface area contributed by atoms with Crippen molar-refractivity contribution in [2.45, 2.75) is 50.1 Å². The van der Waals surface area contributed by atoms with Crippen LogP contribution in [0.15, 0.2) is 18.5 Å². The summed E-state index contributed by atoms with van der Waals surface area (Å²) in [6.45, 7) is 0. The van der Waals surface area contributed by atoms with Crippen molar-refractivity contribution in [2.24, 2.45) is 5.84 Å². The van der Waals surface area contributed by atoms with E-state index in [1.807, 2.05) is 12.3 Å². The Labute approximate surface area is 127 Å². The van der Waals surface area contributed by atoms with Crippen LogP contribution in [0.3, 0.4) is 0 Å². The van der Waals surface area contributed by atoms with Crippen LogP contribution in [-0.2, 0) is 0 Å². The molecule has 0 aromatic carbocycles. The van der Waals surface area contributed by atoms with Gasteiger partial charge in [0.15, 0.2) is 0 Å². The number of nitrogens with two attached hydrogens (primary N) is 1. The molecule has 1 aromatic rings. The molecular weight excluding hydrogens is 264 g/mol. The average Bonchev–Trinajstić information content (AvgIpc) is 2.75. The molecule has 1 unspecified atom stereocenters. The fourth-order valence-corrected chi connectivity index (χ4v) is 3.60. The third-order valence-corrected chi connectivity index (χ3v) is 4.87. The predicted molar refractivity (Wildman–Crippen MR) is 85.0 cm³/mol. The first-order chi connectivity index (χ1) is 10.1. The zero-order chi connectivity index (χ0) is 15.3. The van der Waals surface area contributed by atoms with E-state index in [0.717, 1.165) is 24.2 Å². The Balaban J connectivity index is 2.38. The van der Waals surface area contributed by atoms with Gasteiger partial charge in [-0.25, -0.2) is 0 Å². The van der Waals surface area contributed by atoms with Crippen LogP contribution in [0.1, 0.15) is 50.1 Å². The van der Waals surface area contributed by atoms with Crippen molar-refractivity contribution in [3.05, 3.63) is 24.0 Å². The molecule has 0 saturated heterocycles. The van der Waals surface area contributed by atoms with E-state index in [9.17, 15) is 0 Å². The molecule has 0 spiro atoms. The molecule has 0 amide bonds. The van der Waals surface area contributed by atoms with Gasteiger partial charge in [0.25, 0.3) is 0 Å². The van der Waals surface area contributed by atoms with Crippen molar-refractivity contribution >= 4 is 0 Å². The van der Waals surface area contributed by atoms with Crippen molar-refractivity contribution in [2.75, 3.05) is 21.2 Å². The molecule has 1 aliphatic carbocycles. The Morgan fingerprint density at radius 2 is 1.90 bits per heavy atom. The van der Waals surface area contributed by atoms with E-state index >= 15 is 0 Å². The lowest BCUT2D eigenvalue weighted by Crippen LogP contribution is -2.55. The predicted octanol–water partition coefficient (Wildman–Crippen LogP) is 2.25. The maximum atomic E-state index is 5.96. The molecule has 1 aromatic heterocycles. The molecule has 1 aliphatic rings. The van der Waals surface area contributed by atoms with E-state index in [2.05, 4.69) is 29.4 Å². The Morgan fingerprint density at radius 1 is 1.24 bits per heavy atom. The van der Waals surface area contributed by atoms with Gasteiger partial charge in [-0.1, -0.05) is 25.7 Å². The molecule has 0 radical (unpaired) electrons. The standard InChI is InChI=1S/C16H28N4O/c1-20(2)16(8-6-4-5-7-9-16)15(19-17)13-10-14(21-3)12-18-11-13/h10-12,15,19H,4-9,17H2,1-3H3. The lowest BCUT2D eigenvalue weighted by molar-refractivity contribution is 0.0798. The van der Waals surface area contributed by atoms with Crippen LogP contribution >= 0.6 is 0 Å². The number of hydrogen-bond donors (Lipinski definition) is 2. The van der Waals surface area contributed by atoms with E-state index in [1.165, 1.54) is 25.7 Å². The van der Waals surface area contributed by atoms with Gasteiger partial charge in [-0.05, 0) is 38.6 Å². The largest absolute Gasteiger partial charge is 0.495 e. The number of hydrogen-bond acceptors (Lipinski definition) is 5. The van der Waals surface area contributed by atoms with Crippen molar-refractivity contribution < 1.29 is 4.74 Å². The van der Waals surface area contributed by atoms with Crippen LogP contribution in [0.5, 0.6) is 5.75 Å². The Bertz CT molecular complexity index is 442. The van der Waals surface area contributed by atoms with Gasteiger partial charge in [-0.15, -0.1) is 0 Å². The topological polar surface area (TPSA) is 63.4 Å². The summed E-state index contributed by atoms with van der Waals surface area (Å²) in [6, 6.07) is 2.08. The molecule has 5 heteroatoms. The minimum atomic E-state index is 0.0271. The van der Waals surface area contributed by atoms with Crippen LogP contribution in [0.2, 0.25) is 0 Å². The Hall–Kier alpha value is -1.17. The molecule has 2 rings (SSSR count). The minimum absolute atomic E-state index is 0.0271. The molecule has 5 nitrogen and oxygen atoms in total. The van der Waals surface area contributed by atoms with Crippen LogP contribution in [0, 0.1) is 0 Å². The zero-order valence-electron chi connectivity index (χ0n) is 13.4. The number of hydrazine groups is 1. The first kappa shape index (κ1) is 16.2. The number of likely N-dealkylation sites (N-methyl/N-ethyl adjacent to an activating group) is 1. The fourth-order valence-electron chi connectivity index (χ4n) is 3.60. The highest BCUT2D eigenvalue weighted by molar-refractivity contribution is 5.28. The van der Waals surface area contributed by atoms with Crippen LogP contribution in [0.4, 0.5) is 0 Å². The number of nitrogens with one attached hydrogen (secondary N) is 1. The third kappa shape index (κ3) is 3.36. The van der Waals surface area contributed by atoms with Gasteiger partial charge in [-0.3, -0.25) is 16.3 Å². The Kier molecular flexibility index (Phi) is 5.56. The molecule has 0 bridgehead atoms. The first-order valence-electron chi connectivity index (χ1n) is 7.76. The highest BCUT2D eigenvalue weighted by atomic mass is 16.5. The summed E-state index contributed by atoms with van der Waals surface area (Å²) in [5.74, 6) is 6.73. The van der Waals surface area contributed by atoms with Crippen molar-refractivity contribution in [1.29, 1.82) is 0 Å². The number of rotatable bonds is 5. The highest BCUT2D eigenvalue weighted by Gasteiger charge is 2.41. The van der Waals surface area contributed by atoms with E-state index in [-0.39, 0.29) is 11.6 Å². The average molecular weight is 292 g/mol. The lowest BCUT2D eigenvalue weighted by Gasteiger charge is -2.45. The van der Waals surface area contributed by atoms with Gasteiger partial charge >= 0.3 is 0 Å². The number of aromatic nitrogens is 1. The summed E-state index contributed by atoms with van der Waals surface area (Å²) >= 11 is 0. The highest BCUT2D eigenvalue weighted by Crippen LogP contribution is 2.41. The maximum Gasteiger partial charge on any atom is 0.137 e. The molecule has 1 fully saturated rings. The molecule has 21 heavy (non-hydrogen) atoms. The van der Waals surface area contributed by atoms with Gasteiger partial charge in [0.05, 0.1) is 19.3 Å². The molecular formula is C16H28N4O. The maximum absolute atomic E-state index is 5.96. The second kappa shape index (κ2) is 7.20. The summed E-state index contributed by atoms with van der Waals surface area (Å²) in [6.07, 6.45) is 11.0. The first-order valence-corrected chi connectivity index (χ1v) is 7.76. The van der Waals surface area contributed by atoms with E-state index in [4.69, 9.17) is 10.6 Å². The monoisotopic (exact) mass is 292 g/mol. The second-order valence-corrected chi connectivity index (χ2v) is 6.17. The lowest BCUT2D eigenvalue weighted by atomic mass is 9.78. The van der Waals surface area contributed by atoms with Crippen molar-refractivity contribution in [3.63, 3.8) is 0 Å². The Morgan fingerprint density at radius 3 is 2.43 bits per heavy atom. The van der Waals surface area contributed by atoms with Crippen LogP contribution < -0.4 is 16.0 Å². The van der Waals surface area contributed by atoms with Crippen LogP contribution in [0.25, 0.3) is 0 Å². The number of ether oxygens (including phenoxy) is 1. The molecule has 1 saturated carbocycles. The molecule has 118 valence electrons. The minimum Gasteiger partial charge on any atom is -0.495 e. The number of methoxy groups -OCH3 is 1. The van der Waals surface area contributed by atoms with Crippen molar-refractivity contribution in [1.82, 2.24) is 15.3 Å². The summed E-state index contributed by atoms with van der Waals surface area (Å²) in [5.41, 5.74) is 4.17. The summed E-state index contributed by atoms with van der Waals surface area (Å²) < 4.78 is 5.31. The van der Waals surface area contributed by atoms with E-state index < -0.39 is 0 Å². The summed E-state index contributed by atoms with van der Waals surface area (Å²) in [7, 11) is 5.98. The summed E-state index contributed by atoms with van der Waals surface area (Å²) in [5, 5.41) is 0. The SMILES string of the molecule is COc1cncc(C(NN)C2(N(C)C)CCCCCC2)c1. The van der Waals surface area contributed by atoms with Gasteiger partial charge in [0.2, 0.25) is 0 Å². The smallest absolute Gasteiger partial charge is 0.137 e. The van der Waals surface area contributed by atoms with Gasteiger partial charge in [-0.2, -0.15) is 0 Å². The van der Waals surface area contributed by atoms with Crippen LogP contribution in [-0.4, -0.2) is 36.6 Å². The normalized spacial score (nSPS) is 20.0. The fraction of sp³-hybridized carbons (Fsp3) is 0.688. The summed E-state index contributed by atoms with van der Waals surface area (Å²) in [4.78, 5) is 6.63. The molecule has 1 heterocycles. The van der Waals surface area contributed by atoms with Gasteiger partial charge in [0.1, 0.15) is 5.75 Å². The molecule has 3 N–H and O–H groups in total. The van der Waals surface area contributed by atoms with Gasteiger partial charge in [0, 0.05) is 11.7 Å². The number of nitrogens with zero attached hydrogens (tertiary/aromatic N) is 2.